The smallest absolute Gasteiger partial charge is 0.244 e. The van der Waals surface area contributed by atoms with Crippen LogP contribution < -0.4 is 10.2 Å². The molecule has 0 saturated heterocycles. The SMILES string of the molecule is C[C@H](C(=O)NCCC(=O)N1CCCc2ccccc21)n1cncn1. The van der Waals surface area contributed by atoms with Gasteiger partial charge in [-0.1, -0.05) is 18.2 Å². The minimum absolute atomic E-state index is 0.0378. The van der Waals surface area contributed by atoms with Crippen molar-refractivity contribution < 1.29 is 9.59 Å². The highest BCUT2D eigenvalue weighted by Gasteiger charge is 2.22. The molecule has 1 aliphatic heterocycles. The Morgan fingerprint density at radius 1 is 1.33 bits per heavy atom. The van der Waals surface area contributed by atoms with E-state index in [0.717, 1.165) is 25.1 Å². The highest BCUT2D eigenvalue weighted by Crippen LogP contribution is 2.26. The Bertz CT molecular complexity index is 714. The Balaban J connectivity index is 1.52. The molecule has 126 valence electrons. The van der Waals surface area contributed by atoms with E-state index in [4.69, 9.17) is 0 Å². The summed E-state index contributed by atoms with van der Waals surface area (Å²) in [4.78, 5) is 30.2. The van der Waals surface area contributed by atoms with Gasteiger partial charge >= 0.3 is 0 Å². The molecule has 1 aliphatic rings. The molecule has 7 nitrogen and oxygen atoms in total. The first-order chi connectivity index (χ1) is 11.7. The van der Waals surface area contributed by atoms with Crippen LogP contribution in [0.1, 0.15) is 31.4 Å². The molecule has 0 aliphatic carbocycles. The summed E-state index contributed by atoms with van der Waals surface area (Å²) in [5.41, 5.74) is 2.21. The Morgan fingerprint density at radius 2 is 2.17 bits per heavy atom. The van der Waals surface area contributed by atoms with Crippen LogP contribution in [0.15, 0.2) is 36.9 Å². The summed E-state index contributed by atoms with van der Waals surface area (Å²) < 4.78 is 1.48. The standard InChI is InChI=1S/C17H21N5O2/c1-13(22-12-18-11-20-22)17(24)19-9-8-16(23)21-10-4-6-14-5-2-3-7-15(14)21/h2-3,5,7,11-13H,4,6,8-10H2,1H3,(H,19,24)/t13-/m1/s1. The normalized spacial score (nSPS) is 14.8. The van der Waals surface area contributed by atoms with Gasteiger partial charge in [0.15, 0.2) is 0 Å². The summed E-state index contributed by atoms with van der Waals surface area (Å²) >= 11 is 0. The molecule has 0 fully saturated rings. The van der Waals surface area contributed by atoms with E-state index >= 15 is 0 Å². The van der Waals surface area contributed by atoms with Gasteiger partial charge in [-0.2, -0.15) is 5.10 Å². The quantitative estimate of drug-likeness (QED) is 0.898. The Kier molecular flexibility index (Phi) is 4.88. The molecule has 0 saturated carbocycles. The number of anilines is 1. The minimum Gasteiger partial charge on any atom is -0.354 e. The number of carbonyl (C=O) groups excluding carboxylic acids is 2. The van der Waals surface area contributed by atoms with Crippen molar-refractivity contribution >= 4 is 17.5 Å². The summed E-state index contributed by atoms with van der Waals surface area (Å²) in [5, 5.41) is 6.74. The van der Waals surface area contributed by atoms with Gasteiger partial charge in [0.2, 0.25) is 11.8 Å². The van der Waals surface area contributed by atoms with Gasteiger partial charge in [-0.15, -0.1) is 0 Å². The second-order valence-electron chi connectivity index (χ2n) is 5.87. The molecule has 24 heavy (non-hydrogen) atoms. The van der Waals surface area contributed by atoms with Gasteiger partial charge in [0.25, 0.3) is 0 Å². The molecule has 2 amide bonds. The number of aromatic nitrogens is 3. The third-order valence-corrected chi connectivity index (χ3v) is 4.26. The zero-order valence-electron chi connectivity index (χ0n) is 13.7. The second kappa shape index (κ2) is 7.25. The molecular weight excluding hydrogens is 306 g/mol. The molecule has 2 heterocycles. The molecule has 0 bridgehead atoms. The Hall–Kier alpha value is -2.70. The number of para-hydroxylation sites is 1. The van der Waals surface area contributed by atoms with Crippen molar-refractivity contribution in [1.29, 1.82) is 0 Å². The zero-order chi connectivity index (χ0) is 16.9. The molecule has 1 aromatic heterocycles. The number of nitrogens with zero attached hydrogens (tertiary/aromatic N) is 4. The number of hydrogen-bond donors (Lipinski definition) is 1. The molecule has 1 aromatic carbocycles. The summed E-state index contributed by atoms with van der Waals surface area (Å²) in [5.74, 6) is -0.136. The van der Waals surface area contributed by atoms with E-state index in [9.17, 15) is 9.59 Å². The summed E-state index contributed by atoms with van der Waals surface area (Å²) in [6.45, 7) is 2.79. The molecular formula is C17H21N5O2. The number of amides is 2. The van der Waals surface area contributed by atoms with Gasteiger partial charge in [-0.3, -0.25) is 9.59 Å². The predicted octanol–water partition coefficient (Wildman–Crippen LogP) is 1.32. The van der Waals surface area contributed by atoms with E-state index in [1.54, 1.807) is 6.92 Å². The lowest BCUT2D eigenvalue weighted by Gasteiger charge is -2.29. The van der Waals surface area contributed by atoms with Crippen LogP contribution in [0.3, 0.4) is 0 Å². The van der Waals surface area contributed by atoms with Crippen molar-refractivity contribution in [3.05, 3.63) is 42.5 Å². The number of nitrogens with one attached hydrogen (secondary N) is 1. The number of hydrogen-bond acceptors (Lipinski definition) is 4. The van der Waals surface area contributed by atoms with Crippen LogP contribution in [0, 0.1) is 0 Å². The van der Waals surface area contributed by atoms with E-state index in [1.807, 2.05) is 23.1 Å². The number of aryl methyl sites for hydroxylation is 1. The third-order valence-electron chi connectivity index (χ3n) is 4.26. The molecule has 0 spiro atoms. The van der Waals surface area contributed by atoms with Crippen LogP contribution in [0.2, 0.25) is 0 Å². The minimum atomic E-state index is -0.446. The molecule has 0 radical (unpaired) electrons. The fraction of sp³-hybridized carbons (Fsp3) is 0.412. The van der Waals surface area contributed by atoms with Crippen molar-refractivity contribution in [2.75, 3.05) is 18.0 Å². The molecule has 1 N–H and O–H groups in total. The van der Waals surface area contributed by atoms with E-state index in [2.05, 4.69) is 21.5 Å². The maximum Gasteiger partial charge on any atom is 0.244 e. The highest BCUT2D eigenvalue weighted by atomic mass is 16.2. The lowest BCUT2D eigenvalue weighted by molar-refractivity contribution is -0.124. The van der Waals surface area contributed by atoms with Gasteiger partial charge in [-0.05, 0) is 31.4 Å². The Morgan fingerprint density at radius 3 is 2.96 bits per heavy atom. The fourth-order valence-corrected chi connectivity index (χ4v) is 2.91. The van der Waals surface area contributed by atoms with Crippen LogP contribution >= 0.6 is 0 Å². The van der Waals surface area contributed by atoms with E-state index < -0.39 is 6.04 Å². The van der Waals surface area contributed by atoms with Gasteiger partial charge in [0.1, 0.15) is 18.7 Å². The number of rotatable bonds is 5. The first-order valence-electron chi connectivity index (χ1n) is 8.17. The second-order valence-corrected chi connectivity index (χ2v) is 5.87. The van der Waals surface area contributed by atoms with Crippen molar-refractivity contribution in [1.82, 2.24) is 20.1 Å². The van der Waals surface area contributed by atoms with E-state index in [-0.39, 0.29) is 18.2 Å². The highest BCUT2D eigenvalue weighted by molar-refractivity contribution is 5.95. The Labute approximate surface area is 140 Å². The average molecular weight is 327 g/mol. The largest absolute Gasteiger partial charge is 0.354 e. The lowest BCUT2D eigenvalue weighted by Crippen LogP contribution is -2.38. The van der Waals surface area contributed by atoms with Gasteiger partial charge in [0.05, 0.1) is 0 Å². The maximum atomic E-state index is 12.5. The lowest BCUT2D eigenvalue weighted by atomic mass is 10.0. The van der Waals surface area contributed by atoms with E-state index in [1.165, 1.54) is 22.9 Å². The molecule has 0 unspecified atom stereocenters. The van der Waals surface area contributed by atoms with Gasteiger partial charge in [0, 0.05) is 25.2 Å². The zero-order valence-corrected chi connectivity index (χ0v) is 13.7. The van der Waals surface area contributed by atoms with Crippen LogP contribution in [0.25, 0.3) is 0 Å². The monoisotopic (exact) mass is 327 g/mol. The molecule has 3 rings (SSSR count). The first-order valence-corrected chi connectivity index (χ1v) is 8.17. The topological polar surface area (TPSA) is 80.1 Å². The molecule has 2 aromatic rings. The first kappa shape index (κ1) is 16.2. The summed E-state index contributed by atoms with van der Waals surface area (Å²) in [6.07, 6.45) is 5.15. The maximum absolute atomic E-state index is 12.5. The number of fused-ring (bicyclic) bond motifs is 1. The van der Waals surface area contributed by atoms with Crippen LogP contribution in [0.4, 0.5) is 5.69 Å². The average Bonchev–Trinajstić information content (AvgIpc) is 3.15. The van der Waals surface area contributed by atoms with Gasteiger partial charge in [-0.25, -0.2) is 9.67 Å². The van der Waals surface area contributed by atoms with Crippen LogP contribution in [-0.2, 0) is 16.0 Å². The molecule has 1 atom stereocenters. The number of benzene rings is 1. The summed E-state index contributed by atoms with van der Waals surface area (Å²) in [7, 11) is 0. The predicted molar refractivity (Wildman–Crippen MR) is 89.5 cm³/mol. The van der Waals surface area contributed by atoms with Crippen molar-refractivity contribution in [3.63, 3.8) is 0 Å². The summed E-state index contributed by atoms with van der Waals surface area (Å²) in [6, 6.07) is 7.55. The van der Waals surface area contributed by atoms with Gasteiger partial charge < -0.3 is 10.2 Å². The van der Waals surface area contributed by atoms with Crippen molar-refractivity contribution in [3.8, 4) is 0 Å². The van der Waals surface area contributed by atoms with E-state index in [0.29, 0.717) is 6.54 Å². The third kappa shape index (κ3) is 3.45. The number of carbonyl (C=O) groups is 2. The van der Waals surface area contributed by atoms with Crippen LogP contribution in [-0.4, -0.2) is 39.7 Å². The molecule has 7 heteroatoms. The fourth-order valence-electron chi connectivity index (χ4n) is 2.91. The van der Waals surface area contributed by atoms with Crippen molar-refractivity contribution in [2.45, 2.75) is 32.2 Å². The van der Waals surface area contributed by atoms with Crippen molar-refractivity contribution in [2.24, 2.45) is 0 Å². The van der Waals surface area contributed by atoms with Crippen LogP contribution in [0.5, 0.6) is 0 Å².